The minimum absolute atomic E-state index is 0.131. The highest BCUT2D eigenvalue weighted by molar-refractivity contribution is 7.80. The van der Waals surface area contributed by atoms with Gasteiger partial charge in [0.1, 0.15) is 11.6 Å². The van der Waals surface area contributed by atoms with Gasteiger partial charge < -0.3 is 10.1 Å². The number of halogens is 1. The highest BCUT2D eigenvalue weighted by Gasteiger charge is 2.03. The number of ether oxygens (including phenoxy) is 1. The molecule has 2 aromatic carbocycles. The highest BCUT2D eigenvalue weighted by Crippen LogP contribution is 2.18. The van der Waals surface area contributed by atoms with E-state index >= 15 is 0 Å². The lowest BCUT2D eigenvalue weighted by Crippen LogP contribution is -2.32. The Morgan fingerprint density at radius 3 is 2.57 bits per heavy atom. The van der Waals surface area contributed by atoms with Crippen molar-refractivity contribution in [2.45, 2.75) is 0 Å². The summed E-state index contributed by atoms with van der Waals surface area (Å²) in [5, 5.41) is 5.44. The number of benzene rings is 2. The van der Waals surface area contributed by atoms with Gasteiger partial charge in [0.25, 0.3) is 0 Å². The largest absolute Gasteiger partial charge is 0.496 e. The summed E-state index contributed by atoms with van der Waals surface area (Å²) < 4.78 is 18.0. The molecule has 0 spiro atoms. The molecular weight excluding hydrogens is 315 g/mol. The quantitative estimate of drug-likeness (QED) is 0.667. The summed E-state index contributed by atoms with van der Waals surface area (Å²) >= 11 is 5.03. The van der Waals surface area contributed by atoms with Crippen LogP contribution in [-0.2, 0) is 4.79 Å². The van der Waals surface area contributed by atoms with Crippen LogP contribution in [0.3, 0.4) is 0 Å². The number of rotatable bonds is 4. The van der Waals surface area contributed by atoms with E-state index in [0.717, 1.165) is 5.56 Å². The van der Waals surface area contributed by atoms with E-state index in [2.05, 4.69) is 10.6 Å². The van der Waals surface area contributed by atoms with E-state index < -0.39 is 0 Å². The van der Waals surface area contributed by atoms with Crippen molar-refractivity contribution < 1.29 is 13.9 Å². The van der Waals surface area contributed by atoms with E-state index in [0.29, 0.717) is 11.4 Å². The van der Waals surface area contributed by atoms with Crippen molar-refractivity contribution in [1.29, 1.82) is 0 Å². The number of methoxy groups -OCH3 is 1. The fourth-order valence-electron chi connectivity index (χ4n) is 1.82. The Kier molecular flexibility index (Phi) is 5.82. The molecular formula is C17H15FN2O2S. The number of anilines is 1. The van der Waals surface area contributed by atoms with Crippen LogP contribution in [0.4, 0.5) is 10.1 Å². The van der Waals surface area contributed by atoms with Gasteiger partial charge in [0.15, 0.2) is 5.11 Å². The van der Waals surface area contributed by atoms with Crippen molar-refractivity contribution in [3.8, 4) is 5.75 Å². The van der Waals surface area contributed by atoms with Crippen molar-refractivity contribution >= 4 is 35.0 Å². The van der Waals surface area contributed by atoms with Crippen molar-refractivity contribution in [3.63, 3.8) is 0 Å². The van der Waals surface area contributed by atoms with Gasteiger partial charge in [-0.3, -0.25) is 10.1 Å². The Morgan fingerprint density at radius 2 is 1.87 bits per heavy atom. The molecule has 2 aromatic rings. The third-order valence-corrected chi connectivity index (χ3v) is 3.10. The molecule has 4 nitrogen and oxygen atoms in total. The number of para-hydroxylation sites is 1. The molecule has 2 rings (SSSR count). The number of hydrogen-bond acceptors (Lipinski definition) is 3. The van der Waals surface area contributed by atoms with Crippen molar-refractivity contribution in [3.05, 3.63) is 66.0 Å². The van der Waals surface area contributed by atoms with Crippen LogP contribution in [0.2, 0.25) is 0 Å². The van der Waals surface area contributed by atoms with E-state index in [4.69, 9.17) is 17.0 Å². The number of amides is 1. The minimum Gasteiger partial charge on any atom is -0.496 e. The molecule has 0 saturated heterocycles. The third kappa shape index (κ3) is 5.19. The van der Waals surface area contributed by atoms with Crippen molar-refractivity contribution in [2.24, 2.45) is 0 Å². The third-order valence-electron chi connectivity index (χ3n) is 2.89. The molecule has 0 saturated carbocycles. The summed E-state index contributed by atoms with van der Waals surface area (Å²) in [6, 6.07) is 13.0. The second kappa shape index (κ2) is 8.05. The molecule has 0 unspecified atom stereocenters. The average molecular weight is 330 g/mol. The van der Waals surface area contributed by atoms with Gasteiger partial charge in [-0.05, 0) is 48.6 Å². The van der Waals surface area contributed by atoms with Gasteiger partial charge in [0.2, 0.25) is 5.91 Å². The average Bonchev–Trinajstić information content (AvgIpc) is 2.55. The first-order valence-electron chi connectivity index (χ1n) is 6.77. The van der Waals surface area contributed by atoms with Crippen LogP contribution in [0.1, 0.15) is 5.56 Å². The zero-order valence-electron chi connectivity index (χ0n) is 12.4. The molecule has 23 heavy (non-hydrogen) atoms. The number of carbonyl (C=O) groups is 1. The lowest BCUT2D eigenvalue weighted by atomic mass is 10.2. The van der Waals surface area contributed by atoms with Gasteiger partial charge in [0.05, 0.1) is 7.11 Å². The van der Waals surface area contributed by atoms with Gasteiger partial charge in [-0.2, -0.15) is 0 Å². The Morgan fingerprint density at radius 1 is 1.17 bits per heavy atom. The molecule has 1 amide bonds. The summed E-state index contributed by atoms with van der Waals surface area (Å²) in [6.45, 7) is 0. The van der Waals surface area contributed by atoms with Crippen LogP contribution in [0.25, 0.3) is 6.08 Å². The summed E-state index contributed by atoms with van der Waals surface area (Å²) in [7, 11) is 1.56. The van der Waals surface area contributed by atoms with E-state index in [-0.39, 0.29) is 16.8 Å². The minimum atomic E-state index is -0.379. The molecule has 0 atom stereocenters. The van der Waals surface area contributed by atoms with E-state index in [1.807, 2.05) is 18.2 Å². The standard InChI is InChI=1S/C17H15FN2O2S/c1-22-15-5-3-2-4-12(15)6-11-16(21)20-17(23)19-14-9-7-13(18)8-10-14/h2-11H,1H3,(H2,19,20,21,23)/b11-6+. The monoisotopic (exact) mass is 330 g/mol. The van der Waals surface area contributed by atoms with Crippen LogP contribution < -0.4 is 15.4 Å². The molecule has 0 aliphatic heterocycles. The van der Waals surface area contributed by atoms with Crippen LogP contribution in [0.15, 0.2) is 54.6 Å². The summed E-state index contributed by atoms with van der Waals surface area (Å²) in [4.78, 5) is 11.8. The second-order valence-electron chi connectivity index (χ2n) is 4.53. The Balaban J connectivity index is 1.92. The van der Waals surface area contributed by atoms with Crippen LogP contribution in [0.5, 0.6) is 5.75 Å². The molecule has 0 aliphatic carbocycles. The van der Waals surface area contributed by atoms with Gasteiger partial charge in [-0.25, -0.2) is 4.39 Å². The number of hydrogen-bond donors (Lipinski definition) is 2. The topological polar surface area (TPSA) is 50.4 Å². The summed E-state index contributed by atoms with van der Waals surface area (Å²) in [5.41, 5.74) is 1.37. The molecule has 6 heteroatoms. The van der Waals surface area contributed by atoms with E-state index in [9.17, 15) is 9.18 Å². The maximum absolute atomic E-state index is 12.8. The van der Waals surface area contributed by atoms with E-state index in [1.165, 1.54) is 30.3 Å². The predicted octanol–water partition coefficient (Wildman–Crippen LogP) is 3.36. The molecule has 118 valence electrons. The van der Waals surface area contributed by atoms with Gasteiger partial charge >= 0.3 is 0 Å². The molecule has 0 heterocycles. The molecule has 0 aliphatic rings. The van der Waals surface area contributed by atoms with Crippen LogP contribution in [0, 0.1) is 5.82 Å². The number of carbonyl (C=O) groups excluding carboxylic acids is 1. The van der Waals surface area contributed by atoms with Gasteiger partial charge in [-0.15, -0.1) is 0 Å². The summed E-state index contributed by atoms with van der Waals surface area (Å²) in [6.07, 6.45) is 2.99. The van der Waals surface area contributed by atoms with Gasteiger partial charge in [-0.1, -0.05) is 18.2 Å². The Labute approximate surface area is 139 Å². The fraction of sp³-hybridized carbons (Fsp3) is 0.0588. The second-order valence-corrected chi connectivity index (χ2v) is 4.93. The first kappa shape index (κ1) is 16.6. The molecule has 0 bridgehead atoms. The first-order valence-corrected chi connectivity index (χ1v) is 7.18. The zero-order chi connectivity index (χ0) is 16.7. The maximum atomic E-state index is 12.8. The molecule has 0 aromatic heterocycles. The molecule has 0 radical (unpaired) electrons. The first-order chi connectivity index (χ1) is 11.1. The Hall–Kier alpha value is -2.73. The highest BCUT2D eigenvalue weighted by atomic mass is 32.1. The van der Waals surface area contributed by atoms with E-state index in [1.54, 1.807) is 19.3 Å². The molecule has 2 N–H and O–H groups in total. The van der Waals surface area contributed by atoms with Crippen molar-refractivity contribution in [2.75, 3.05) is 12.4 Å². The zero-order valence-corrected chi connectivity index (χ0v) is 13.2. The van der Waals surface area contributed by atoms with Gasteiger partial charge in [0, 0.05) is 17.3 Å². The SMILES string of the molecule is COc1ccccc1/C=C/C(=O)NC(=S)Nc1ccc(F)cc1. The smallest absolute Gasteiger partial charge is 0.250 e. The Bertz CT molecular complexity index is 730. The van der Waals surface area contributed by atoms with Crippen molar-refractivity contribution in [1.82, 2.24) is 5.32 Å². The maximum Gasteiger partial charge on any atom is 0.250 e. The van der Waals surface area contributed by atoms with Crippen LogP contribution in [-0.4, -0.2) is 18.1 Å². The summed E-state index contributed by atoms with van der Waals surface area (Å²) in [5.74, 6) is -0.0515. The normalized spacial score (nSPS) is 10.3. The predicted molar refractivity (Wildman–Crippen MR) is 92.8 cm³/mol. The van der Waals surface area contributed by atoms with Crippen LogP contribution >= 0.6 is 12.2 Å². The molecule has 0 fully saturated rings. The lowest BCUT2D eigenvalue weighted by molar-refractivity contribution is -0.115. The number of nitrogens with one attached hydrogen (secondary N) is 2. The fourth-order valence-corrected chi connectivity index (χ4v) is 2.04. The lowest BCUT2D eigenvalue weighted by Gasteiger charge is -2.08. The number of thiocarbonyl (C=S) groups is 1.